The first-order valence-corrected chi connectivity index (χ1v) is 5.96. The first kappa shape index (κ1) is 13.0. The van der Waals surface area contributed by atoms with Gasteiger partial charge in [0.15, 0.2) is 0 Å². The summed E-state index contributed by atoms with van der Waals surface area (Å²) in [5.41, 5.74) is 0.882. The predicted octanol–water partition coefficient (Wildman–Crippen LogP) is 2.74. The SMILES string of the molecule is CCCC(C)Oc1nc(CNC(C)C)co1. The van der Waals surface area contributed by atoms with E-state index in [1.54, 1.807) is 6.26 Å². The molecule has 1 rings (SSSR count). The highest BCUT2D eigenvalue weighted by atomic mass is 16.6. The highest BCUT2D eigenvalue weighted by molar-refractivity contribution is 4.99. The van der Waals surface area contributed by atoms with Crippen LogP contribution < -0.4 is 10.1 Å². The monoisotopic (exact) mass is 226 g/mol. The van der Waals surface area contributed by atoms with Crippen LogP contribution in [0.15, 0.2) is 10.7 Å². The van der Waals surface area contributed by atoms with E-state index in [4.69, 9.17) is 9.15 Å². The summed E-state index contributed by atoms with van der Waals surface area (Å²) in [5.74, 6) is 0. The lowest BCUT2D eigenvalue weighted by Gasteiger charge is -2.08. The number of oxazole rings is 1. The van der Waals surface area contributed by atoms with Crippen LogP contribution in [0.2, 0.25) is 0 Å². The number of hydrogen-bond donors (Lipinski definition) is 1. The van der Waals surface area contributed by atoms with Gasteiger partial charge in [-0.15, -0.1) is 0 Å². The van der Waals surface area contributed by atoms with Gasteiger partial charge < -0.3 is 14.5 Å². The summed E-state index contributed by atoms with van der Waals surface area (Å²) in [7, 11) is 0. The van der Waals surface area contributed by atoms with Gasteiger partial charge in [-0.25, -0.2) is 0 Å². The van der Waals surface area contributed by atoms with Crippen molar-refractivity contribution in [3.8, 4) is 6.08 Å². The van der Waals surface area contributed by atoms with Crippen molar-refractivity contribution in [3.05, 3.63) is 12.0 Å². The summed E-state index contributed by atoms with van der Waals surface area (Å²) in [4.78, 5) is 4.25. The van der Waals surface area contributed by atoms with Gasteiger partial charge in [0.05, 0.1) is 5.69 Å². The van der Waals surface area contributed by atoms with Crippen molar-refractivity contribution < 1.29 is 9.15 Å². The quantitative estimate of drug-likeness (QED) is 0.776. The highest BCUT2D eigenvalue weighted by Crippen LogP contribution is 2.13. The molecule has 0 saturated heterocycles. The number of nitrogens with one attached hydrogen (secondary N) is 1. The van der Waals surface area contributed by atoms with Crippen molar-refractivity contribution in [1.82, 2.24) is 10.3 Å². The van der Waals surface area contributed by atoms with Crippen molar-refractivity contribution in [2.24, 2.45) is 0 Å². The maximum absolute atomic E-state index is 5.54. The molecule has 0 aliphatic rings. The zero-order valence-corrected chi connectivity index (χ0v) is 10.6. The van der Waals surface area contributed by atoms with Gasteiger partial charge in [-0.2, -0.15) is 4.98 Å². The summed E-state index contributed by atoms with van der Waals surface area (Å²) in [5, 5.41) is 3.28. The topological polar surface area (TPSA) is 47.3 Å². The number of rotatable bonds is 7. The standard InChI is InChI=1S/C12H22N2O2/c1-5-6-10(4)16-12-14-11(8-15-12)7-13-9(2)3/h8-10,13H,5-7H2,1-4H3. The molecule has 4 nitrogen and oxygen atoms in total. The van der Waals surface area contributed by atoms with Gasteiger partial charge in [0.2, 0.25) is 0 Å². The van der Waals surface area contributed by atoms with E-state index >= 15 is 0 Å². The smallest absolute Gasteiger partial charge is 0.393 e. The Labute approximate surface area is 97.4 Å². The molecule has 1 N–H and O–H groups in total. The van der Waals surface area contributed by atoms with Gasteiger partial charge in [0.1, 0.15) is 12.4 Å². The number of nitrogens with zero attached hydrogens (tertiary/aromatic N) is 1. The van der Waals surface area contributed by atoms with Gasteiger partial charge >= 0.3 is 6.08 Å². The molecule has 0 bridgehead atoms. The van der Waals surface area contributed by atoms with Gasteiger partial charge in [-0.1, -0.05) is 27.2 Å². The van der Waals surface area contributed by atoms with Crippen LogP contribution in [0, 0.1) is 0 Å². The molecule has 0 fully saturated rings. The van der Waals surface area contributed by atoms with Crippen LogP contribution in [-0.4, -0.2) is 17.1 Å². The summed E-state index contributed by atoms with van der Waals surface area (Å²) in [6.45, 7) is 9.07. The Bertz CT molecular complexity index is 297. The van der Waals surface area contributed by atoms with Gasteiger partial charge in [0.25, 0.3) is 0 Å². The molecule has 1 heterocycles. The lowest BCUT2D eigenvalue weighted by atomic mass is 10.2. The third kappa shape index (κ3) is 4.66. The van der Waals surface area contributed by atoms with E-state index in [9.17, 15) is 0 Å². The fourth-order valence-electron chi connectivity index (χ4n) is 1.37. The third-order valence-electron chi connectivity index (χ3n) is 2.22. The van der Waals surface area contributed by atoms with Crippen molar-refractivity contribution in [2.45, 2.75) is 59.2 Å². The van der Waals surface area contributed by atoms with E-state index in [1.807, 2.05) is 6.92 Å². The van der Waals surface area contributed by atoms with Crippen LogP contribution in [-0.2, 0) is 6.54 Å². The number of hydrogen-bond acceptors (Lipinski definition) is 4. The second-order valence-corrected chi connectivity index (χ2v) is 4.36. The van der Waals surface area contributed by atoms with E-state index < -0.39 is 0 Å². The van der Waals surface area contributed by atoms with Crippen LogP contribution in [0.1, 0.15) is 46.2 Å². The third-order valence-corrected chi connectivity index (χ3v) is 2.22. The molecule has 1 aromatic heterocycles. The minimum absolute atomic E-state index is 0.162. The van der Waals surface area contributed by atoms with Crippen LogP contribution in [0.5, 0.6) is 6.08 Å². The predicted molar refractivity (Wildman–Crippen MR) is 63.5 cm³/mol. The van der Waals surface area contributed by atoms with Crippen molar-refractivity contribution in [2.75, 3.05) is 0 Å². The van der Waals surface area contributed by atoms with Gasteiger partial charge in [0, 0.05) is 12.6 Å². The summed E-state index contributed by atoms with van der Waals surface area (Å²) >= 11 is 0. The molecular formula is C12H22N2O2. The van der Waals surface area contributed by atoms with Crippen molar-refractivity contribution >= 4 is 0 Å². The molecule has 0 amide bonds. The lowest BCUT2D eigenvalue weighted by molar-refractivity contribution is 0.153. The molecule has 0 aromatic carbocycles. The number of aromatic nitrogens is 1. The molecule has 92 valence electrons. The zero-order chi connectivity index (χ0) is 12.0. The largest absolute Gasteiger partial charge is 0.447 e. The van der Waals surface area contributed by atoms with Crippen LogP contribution in [0.25, 0.3) is 0 Å². The van der Waals surface area contributed by atoms with Gasteiger partial charge in [-0.05, 0) is 13.3 Å². The Morgan fingerprint density at radius 2 is 2.19 bits per heavy atom. The zero-order valence-electron chi connectivity index (χ0n) is 10.6. The van der Waals surface area contributed by atoms with Gasteiger partial charge in [-0.3, -0.25) is 0 Å². The van der Waals surface area contributed by atoms with E-state index in [-0.39, 0.29) is 6.10 Å². The van der Waals surface area contributed by atoms with E-state index in [0.29, 0.717) is 18.7 Å². The van der Waals surface area contributed by atoms with Crippen LogP contribution >= 0.6 is 0 Å². The molecule has 4 heteroatoms. The average Bonchev–Trinajstić information content (AvgIpc) is 2.63. The van der Waals surface area contributed by atoms with Crippen molar-refractivity contribution in [3.63, 3.8) is 0 Å². The van der Waals surface area contributed by atoms with E-state index in [2.05, 4.69) is 31.1 Å². The Kier molecular flexibility index (Phi) is 5.32. The molecule has 1 atom stereocenters. The normalized spacial score (nSPS) is 13.1. The van der Waals surface area contributed by atoms with Crippen LogP contribution in [0.3, 0.4) is 0 Å². The Balaban J connectivity index is 2.39. The number of ether oxygens (including phenoxy) is 1. The maximum Gasteiger partial charge on any atom is 0.393 e. The molecule has 0 radical (unpaired) electrons. The fourth-order valence-corrected chi connectivity index (χ4v) is 1.37. The molecule has 0 aliphatic carbocycles. The molecule has 1 aromatic rings. The minimum atomic E-state index is 0.162. The Morgan fingerprint density at radius 3 is 2.81 bits per heavy atom. The first-order valence-electron chi connectivity index (χ1n) is 5.96. The second-order valence-electron chi connectivity index (χ2n) is 4.36. The Morgan fingerprint density at radius 1 is 1.44 bits per heavy atom. The second kappa shape index (κ2) is 6.53. The molecule has 0 aliphatic heterocycles. The first-order chi connectivity index (χ1) is 7.61. The average molecular weight is 226 g/mol. The molecule has 16 heavy (non-hydrogen) atoms. The van der Waals surface area contributed by atoms with Crippen LogP contribution in [0.4, 0.5) is 0 Å². The molecule has 0 spiro atoms. The summed E-state index contributed by atoms with van der Waals surface area (Å²) < 4.78 is 10.8. The fraction of sp³-hybridized carbons (Fsp3) is 0.750. The maximum atomic E-state index is 5.54. The Hall–Kier alpha value is -1.03. The summed E-state index contributed by atoms with van der Waals surface area (Å²) in [6.07, 6.45) is 4.30. The molecular weight excluding hydrogens is 204 g/mol. The molecule has 0 saturated carbocycles. The van der Waals surface area contributed by atoms with E-state index in [0.717, 1.165) is 18.5 Å². The summed E-state index contributed by atoms with van der Waals surface area (Å²) in [6, 6.07) is 0.445. The highest BCUT2D eigenvalue weighted by Gasteiger charge is 2.09. The van der Waals surface area contributed by atoms with E-state index in [1.165, 1.54) is 0 Å². The minimum Gasteiger partial charge on any atom is -0.447 e. The van der Waals surface area contributed by atoms with Crippen molar-refractivity contribution in [1.29, 1.82) is 0 Å². The molecule has 1 unspecified atom stereocenters. The lowest BCUT2D eigenvalue weighted by Crippen LogP contribution is -2.22.